The summed E-state index contributed by atoms with van der Waals surface area (Å²) in [6.07, 6.45) is 1.76. The molecule has 1 heterocycles. The van der Waals surface area contributed by atoms with E-state index in [0.717, 1.165) is 27.3 Å². The van der Waals surface area contributed by atoms with Crippen molar-refractivity contribution in [3.8, 4) is 0 Å². The Kier molecular flexibility index (Phi) is 4.43. The first-order valence-electron chi connectivity index (χ1n) is 7.40. The number of hydrazine groups is 1. The molecule has 1 aliphatic heterocycles. The van der Waals surface area contributed by atoms with E-state index >= 15 is 0 Å². The molecule has 3 nitrogen and oxygen atoms in total. The van der Waals surface area contributed by atoms with Crippen molar-refractivity contribution in [3.63, 3.8) is 0 Å². The molecule has 0 fully saturated rings. The maximum absolute atomic E-state index is 13.3. The summed E-state index contributed by atoms with van der Waals surface area (Å²) < 4.78 is 13.3. The van der Waals surface area contributed by atoms with Crippen LogP contribution in [-0.2, 0) is 5.75 Å². The highest BCUT2D eigenvalue weighted by Crippen LogP contribution is 2.31. The van der Waals surface area contributed by atoms with Crippen molar-refractivity contribution in [2.75, 3.05) is 0 Å². The highest BCUT2D eigenvalue weighted by molar-refractivity contribution is 7.98. The smallest absolute Gasteiger partial charge is 0.150 e. The number of thioether (sulfide) groups is 1. The molecule has 1 unspecified atom stereocenters. The summed E-state index contributed by atoms with van der Waals surface area (Å²) in [6, 6.07) is 12.7. The fraction of sp³-hybridized carbons (Fsp3) is 0.222. The van der Waals surface area contributed by atoms with E-state index in [9.17, 15) is 9.50 Å². The topological polar surface area (TPSA) is 44.3 Å². The van der Waals surface area contributed by atoms with E-state index in [1.165, 1.54) is 6.07 Å². The summed E-state index contributed by atoms with van der Waals surface area (Å²) >= 11 is 1.68. The zero-order valence-electron chi connectivity index (χ0n) is 13.1. The fourth-order valence-electron chi connectivity index (χ4n) is 2.54. The molecule has 0 saturated carbocycles. The van der Waals surface area contributed by atoms with Crippen molar-refractivity contribution < 1.29 is 9.50 Å². The monoisotopic (exact) mass is 330 g/mol. The van der Waals surface area contributed by atoms with Gasteiger partial charge in [0.1, 0.15) is 5.82 Å². The molecule has 0 amide bonds. The van der Waals surface area contributed by atoms with Crippen LogP contribution in [0, 0.1) is 12.7 Å². The molecule has 5 heteroatoms. The number of halogens is 1. The lowest BCUT2D eigenvalue weighted by Crippen LogP contribution is -2.41. The highest BCUT2D eigenvalue weighted by atomic mass is 32.2. The SMILES string of the molecule is Cc1c(SCc2cccc(F)c2)cccc1C1=CC(C)(O)NN1. The van der Waals surface area contributed by atoms with Crippen molar-refractivity contribution in [1.82, 2.24) is 10.9 Å². The summed E-state index contributed by atoms with van der Waals surface area (Å²) in [4.78, 5) is 1.14. The Labute approximate surface area is 139 Å². The molecule has 1 aliphatic rings. The molecule has 3 rings (SSSR count). The number of hydrogen-bond donors (Lipinski definition) is 3. The predicted molar refractivity (Wildman–Crippen MR) is 92.0 cm³/mol. The van der Waals surface area contributed by atoms with Gasteiger partial charge in [0.25, 0.3) is 0 Å². The predicted octanol–water partition coefficient (Wildman–Crippen LogP) is 3.58. The molecule has 3 N–H and O–H groups in total. The van der Waals surface area contributed by atoms with Gasteiger partial charge in [-0.3, -0.25) is 0 Å². The lowest BCUT2D eigenvalue weighted by Gasteiger charge is -2.13. The zero-order valence-corrected chi connectivity index (χ0v) is 13.9. The fourth-order valence-corrected chi connectivity index (χ4v) is 3.55. The molecule has 0 radical (unpaired) electrons. The Morgan fingerprint density at radius 2 is 2.00 bits per heavy atom. The average molecular weight is 330 g/mol. The summed E-state index contributed by atoms with van der Waals surface area (Å²) in [5, 5.41) is 9.97. The lowest BCUT2D eigenvalue weighted by molar-refractivity contribution is 0.0757. The van der Waals surface area contributed by atoms with E-state index < -0.39 is 5.72 Å². The van der Waals surface area contributed by atoms with Gasteiger partial charge in [-0.25, -0.2) is 9.82 Å². The van der Waals surface area contributed by atoms with Crippen LogP contribution >= 0.6 is 11.8 Å². The molecule has 0 saturated heterocycles. The minimum atomic E-state index is -1.05. The van der Waals surface area contributed by atoms with E-state index in [2.05, 4.69) is 23.8 Å². The summed E-state index contributed by atoms with van der Waals surface area (Å²) in [7, 11) is 0. The largest absolute Gasteiger partial charge is 0.371 e. The van der Waals surface area contributed by atoms with E-state index in [-0.39, 0.29) is 5.82 Å². The van der Waals surface area contributed by atoms with Crippen LogP contribution in [0.25, 0.3) is 5.70 Å². The van der Waals surface area contributed by atoms with E-state index in [4.69, 9.17) is 0 Å². The second-order valence-electron chi connectivity index (χ2n) is 5.80. The van der Waals surface area contributed by atoms with Crippen LogP contribution in [0.5, 0.6) is 0 Å². The van der Waals surface area contributed by atoms with Crippen LogP contribution in [0.3, 0.4) is 0 Å². The summed E-state index contributed by atoms with van der Waals surface area (Å²) in [6.45, 7) is 3.74. The van der Waals surface area contributed by atoms with Gasteiger partial charge in [0.2, 0.25) is 0 Å². The second kappa shape index (κ2) is 6.35. The standard InChI is InChI=1S/C18H19FN2OS/c1-12-15(16-10-18(2,22)21-20-16)7-4-8-17(12)23-11-13-5-3-6-14(19)9-13/h3-10,20-22H,11H2,1-2H3. The molecule has 0 bridgehead atoms. The minimum absolute atomic E-state index is 0.206. The molecule has 23 heavy (non-hydrogen) atoms. The maximum atomic E-state index is 13.3. The van der Waals surface area contributed by atoms with Gasteiger partial charge < -0.3 is 10.5 Å². The Balaban J connectivity index is 1.80. The van der Waals surface area contributed by atoms with Crippen molar-refractivity contribution >= 4 is 17.5 Å². The highest BCUT2D eigenvalue weighted by Gasteiger charge is 2.25. The van der Waals surface area contributed by atoms with E-state index in [1.54, 1.807) is 36.9 Å². The van der Waals surface area contributed by atoms with Crippen LogP contribution < -0.4 is 10.9 Å². The van der Waals surface area contributed by atoms with Crippen molar-refractivity contribution in [2.45, 2.75) is 30.2 Å². The van der Waals surface area contributed by atoms with Gasteiger partial charge in [0, 0.05) is 16.2 Å². The molecule has 2 aromatic carbocycles. The molecule has 2 aromatic rings. The van der Waals surface area contributed by atoms with Gasteiger partial charge in [-0.1, -0.05) is 24.3 Å². The first-order chi connectivity index (χ1) is 10.9. The van der Waals surface area contributed by atoms with Gasteiger partial charge in [-0.2, -0.15) is 0 Å². The second-order valence-corrected chi connectivity index (χ2v) is 6.82. The molecule has 0 aromatic heterocycles. The first kappa shape index (κ1) is 16.1. The third-order valence-electron chi connectivity index (χ3n) is 3.73. The first-order valence-corrected chi connectivity index (χ1v) is 8.39. The number of rotatable bonds is 4. The molecular formula is C18H19FN2OS. The molecule has 0 aliphatic carbocycles. The Morgan fingerprint density at radius 1 is 1.22 bits per heavy atom. The van der Waals surface area contributed by atoms with Crippen molar-refractivity contribution in [1.29, 1.82) is 0 Å². The summed E-state index contributed by atoms with van der Waals surface area (Å²) in [5.41, 5.74) is 8.78. The number of hydrogen-bond acceptors (Lipinski definition) is 4. The zero-order chi connectivity index (χ0) is 16.4. The van der Waals surface area contributed by atoms with Crippen LogP contribution in [0.4, 0.5) is 4.39 Å². The van der Waals surface area contributed by atoms with Crippen molar-refractivity contribution in [3.05, 3.63) is 71.0 Å². The minimum Gasteiger partial charge on any atom is -0.371 e. The Morgan fingerprint density at radius 3 is 2.70 bits per heavy atom. The van der Waals surface area contributed by atoms with Crippen LogP contribution in [0.1, 0.15) is 23.6 Å². The molecule has 0 spiro atoms. The Hall–Kier alpha value is -1.82. The number of aliphatic hydroxyl groups is 1. The van der Waals surface area contributed by atoms with Crippen LogP contribution in [-0.4, -0.2) is 10.8 Å². The van der Waals surface area contributed by atoms with Gasteiger partial charge in [0.05, 0.1) is 5.70 Å². The normalized spacial score (nSPS) is 20.3. The van der Waals surface area contributed by atoms with Gasteiger partial charge >= 0.3 is 0 Å². The average Bonchev–Trinajstić information content (AvgIpc) is 2.86. The van der Waals surface area contributed by atoms with Crippen LogP contribution in [0.15, 0.2) is 53.4 Å². The van der Waals surface area contributed by atoms with E-state index in [0.29, 0.717) is 5.75 Å². The maximum Gasteiger partial charge on any atom is 0.150 e. The van der Waals surface area contributed by atoms with Gasteiger partial charge in [0.15, 0.2) is 5.72 Å². The molecule has 1 atom stereocenters. The van der Waals surface area contributed by atoms with Gasteiger partial charge in [-0.05, 0) is 49.2 Å². The molecule has 120 valence electrons. The lowest BCUT2D eigenvalue weighted by atomic mass is 10.0. The number of benzene rings is 2. The number of nitrogens with one attached hydrogen (secondary N) is 2. The summed E-state index contributed by atoms with van der Waals surface area (Å²) in [5.74, 6) is 0.506. The van der Waals surface area contributed by atoms with Crippen molar-refractivity contribution in [2.24, 2.45) is 0 Å². The third-order valence-corrected chi connectivity index (χ3v) is 4.96. The van der Waals surface area contributed by atoms with Crippen LogP contribution in [0.2, 0.25) is 0 Å². The van der Waals surface area contributed by atoms with Gasteiger partial charge in [-0.15, -0.1) is 11.8 Å². The molecular weight excluding hydrogens is 311 g/mol. The quantitative estimate of drug-likeness (QED) is 0.750. The third kappa shape index (κ3) is 3.75. The Bertz CT molecular complexity index is 758. The van der Waals surface area contributed by atoms with E-state index in [1.807, 2.05) is 18.2 Å².